The Hall–Kier alpha value is -3.66. The summed E-state index contributed by atoms with van der Waals surface area (Å²) >= 11 is 3.46. The highest BCUT2D eigenvalue weighted by molar-refractivity contribution is 9.10. The van der Waals surface area contributed by atoms with Gasteiger partial charge in [0.05, 0.1) is 34.3 Å². The minimum Gasteiger partial charge on any atom is -0.495 e. The molecule has 4 rings (SSSR count). The molecule has 0 spiro atoms. The predicted octanol–water partition coefficient (Wildman–Crippen LogP) is 3.37. The molecule has 2 aromatic carbocycles. The van der Waals surface area contributed by atoms with Crippen molar-refractivity contribution in [2.75, 3.05) is 7.11 Å². The summed E-state index contributed by atoms with van der Waals surface area (Å²) in [5.74, 6) is 0.535. The highest BCUT2D eigenvalue weighted by Crippen LogP contribution is 2.38. The van der Waals surface area contributed by atoms with Crippen LogP contribution in [0.25, 0.3) is 27.8 Å². The summed E-state index contributed by atoms with van der Waals surface area (Å²) in [6.45, 7) is 0. The van der Waals surface area contributed by atoms with E-state index in [-0.39, 0.29) is 11.1 Å². The predicted molar refractivity (Wildman–Crippen MR) is 120 cm³/mol. The van der Waals surface area contributed by atoms with Crippen LogP contribution < -0.4 is 16.0 Å². The number of halogens is 1. The second-order valence-electron chi connectivity index (χ2n) is 6.91. The zero-order valence-corrected chi connectivity index (χ0v) is 18.4. The number of hydrogen-bond donors (Lipinski definition) is 0. The summed E-state index contributed by atoms with van der Waals surface area (Å²) in [5, 5.41) is 11.7. The molecule has 9 nitrogen and oxygen atoms in total. The Morgan fingerprint density at radius 2 is 1.77 bits per heavy atom. The number of nitro groups is 1. The van der Waals surface area contributed by atoms with Crippen molar-refractivity contribution in [2.45, 2.75) is 0 Å². The number of aromatic nitrogens is 3. The first-order valence-electron chi connectivity index (χ1n) is 9.15. The summed E-state index contributed by atoms with van der Waals surface area (Å²) in [6.07, 6.45) is 1.66. The van der Waals surface area contributed by atoms with Crippen molar-refractivity contribution in [3.63, 3.8) is 0 Å². The van der Waals surface area contributed by atoms with Crippen LogP contribution in [0.15, 0.2) is 62.7 Å². The fraction of sp³-hybridized carbons (Fsp3) is 0.143. The van der Waals surface area contributed by atoms with Gasteiger partial charge < -0.3 is 9.30 Å². The normalized spacial score (nSPS) is 11.1. The quantitative estimate of drug-likeness (QED) is 0.326. The van der Waals surface area contributed by atoms with E-state index in [4.69, 9.17) is 4.74 Å². The Morgan fingerprint density at radius 3 is 2.45 bits per heavy atom. The molecule has 0 unspecified atom stereocenters. The van der Waals surface area contributed by atoms with Gasteiger partial charge in [-0.05, 0) is 18.2 Å². The van der Waals surface area contributed by atoms with Gasteiger partial charge in [-0.3, -0.25) is 24.0 Å². The lowest BCUT2D eigenvalue weighted by atomic mass is 10.1. The molecule has 0 bridgehead atoms. The van der Waals surface area contributed by atoms with Crippen molar-refractivity contribution in [3.05, 3.63) is 84.1 Å². The number of ether oxygens (including phenoxy) is 1. The number of nitro benzene ring substituents is 1. The Kier molecular flexibility index (Phi) is 5.02. The molecule has 2 aromatic heterocycles. The third-order valence-electron chi connectivity index (χ3n) is 5.20. The summed E-state index contributed by atoms with van der Waals surface area (Å²) in [5.41, 5.74) is 0.758. The average molecular weight is 485 g/mol. The lowest BCUT2D eigenvalue weighted by molar-refractivity contribution is -0.384. The number of methoxy groups -OCH3 is 1. The molecule has 0 aliphatic heterocycles. The van der Waals surface area contributed by atoms with Crippen molar-refractivity contribution in [2.24, 2.45) is 14.1 Å². The fourth-order valence-electron chi connectivity index (χ4n) is 3.63. The van der Waals surface area contributed by atoms with Gasteiger partial charge in [-0.2, -0.15) is 0 Å². The van der Waals surface area contributed by atoms with Gasteiger partial charge in [-0.1, -0.05) is 28.1 Å². The maximum Gasteiger partial charge on any atom is 0.330 e. The van der Waals surface area contributed by atoms with Crippen LogP contribution in [-0.4, -0.2) is 25.7 Å². The topological polar surface area (TPSA) is 101 Å². The van der Waals surface area contributed by atoms with E-state index in [1.165, 1.54) is 30.9 Å². The van der Waals surface area contributed by atoms with E-state index in [0.29, 0.717) is 32.7 Å². The van der Waals surface area contributed by atoms with Crippen LogP contribution in [0.1, 0.15) is 0 Å². The molecular formula is C21H17BrN4O5. The molecule has 0 aliphatic rings. The van der Waals surface area contributed by atoms with Crippen LogP contribution in [-0.2, 0) is 14.1 Å². The summed E-state index contributed by atoms with van der Waals surface area (Å²) in [6, 6.07) is 11.5. The number of para-hydroxylation sites is 2. The Balaban J connectivity index is 2.26. The second-order valence-corrected chi connectivity index (χ2v) is 7.76. The first-order chi connectivity index (χ1) is 14.8. The van der Waals surface area contributed by atoms with Crippen LogP contribution in [0.4, 0.5) is 5.69 Å². The van der Waals surface area contributed by atoms with Crippen LogP contribution in [0.2, 0.25) is 0 Å². The minimum absolute atomic E-state index is 0.124. The van der Waals surface area contributed by atoms with Crippen molar-refractivity contribution in [1.82, 2.24) is 13.7 Å². The first-order valence-corrected chi connectivity index (χ1v) is 9.94. The molecule has 0 fully saturated rings. The van der Waals surface area contributed by atoms with Gasteiger partial charge in [0.15, 0.2) is 0 Å². The van der Waals surface area contributed by atoms with Crippen LogP contribution >= 0.6 is 15.9 Å². The second kappa shape index (κ2) is 7.55. The fourth-order valence-corrected chi connectivity index (χ4v) is 4.07. The van der Waals surface area contributed by atoms with Crippen molar-refractivity contribution in [1.29, 1.82) is 0 Å². The highest BCUT2D eigenvalue weighted by atomic mass is 79.9. The van der Waals surface area contributed by atoms with Crippen molar-refractivity contribution >= 4 is 32.5 Å². The molecule has 0 saturated carbocycles. The number of nitrogens with zero attached hydrogens (tertiary/aromatic N) is 4. The molecule has 31 heavy (non-hydrogen) atoms. The molecule has 10 heteroatoms. The molecule has 0 atom stereocenters. The molecule has 0 N–H and O–H groups in total. The third-order valence-corrected chi connectivity index (χ3v) is 5.89. The molecule has 0 amide bonds. The van der Waals surface area contributed by atoms with Crippen LogP contribution in [0, 0.1) is 10.1 Å². The Bertz CT molecular complexity index is 1480. The van der Waals surface area contributed by atoms with Crippen molar-refractivity contribution in [3.8, 4) is 22.7 Å². The zero-order valence-electron chi connectivity index (χ0n) is 16.8. The van der Waals surface area contributed by atoms with Gasteiger partial charge in [0.2, 0.25) is 0 Å². The van der Waals surface area contributed by atoms with Crippen LogP contribution in [0.3, 0.4) is 0 Å². The van der Waals surface area contributed by atoms with Crippen molar-refractivity contribution < 1.29 is 9.66 Å². The van der Waals surface area contributed by atoms with E-state index < -0.39 is 16.2 Å². The van der Waals surface area contributed by atoms with E-state index in [1.807, 2.05) is 12.1 Å². The number of benzene rings is 2. The van der Waals surface area contributed by atoms with Crippen LogP contribution in [0.5, 0.6) is 5.75 Å². The van der Waals surface area contributed by atoms with E-state index >= 15 is 0 Å². The molecule has 2 heterocycles. The minimum atomic E-state index is -0.500. The maximum absolute atomic E-state index is 13.2. The molecule has 0 radical (unpaired) electrons. The van der Waals surface area contributed by atoms with Gasteiger partial charge in [0.1, 0.15) is 5.75 Å². The summed E-state index contributed by atoms with van der Waals surface area (Å²) in [7, 11) is 4.50. The lowest BCUT2D eigenvalue weighted by Crippen LogP contribution is -2.36. The van der Waals surface area contributed by atoms with Gasteiger partial charge in [0.25, 0.3) is 11.2 Å². The lowest BCUT2D eigenvalue weighted by Gasteiger charge is -2.14. The number of aryl methyl sites for hydroxylation is 1. The largest absolute Gasteiger partial charge is 0.495 e. The SMILES string of the molecule is COc1ccccc1-n1cc2c(c1-c1cc([N+](=O)[O-])ccc1Br)c(=O)n(C)c(=O)n2C. The Labute approximate surface area is 184 Å². The molecule has 4 aromatic rings. The third kappa shape index (κ3) is 3.15. The van der Waals surface area contributed by atoms with E-state index in [2.05, 4.69) is 15.9 Å². The highest BCUT2D eigenvalue weighted by Gasteiger charge is 2.24. The number of rotatable bonds is 4. The Morgan fingerprint density at radius 1 is 1.06 bits per heavy atom. The van der Waals surface area contributed by atoms with E-state index in [0.717, 1.165) is 4.57 Å². The number of non-ortho nitro benzene ring substituents is 1. The standard InChI is InChI=1S/C21H17BrN4O5/c1-23-16-11-25(15-6-4-5-7-17(15)31-3)19(18(16)20(27)24(2)21(23)28)13-10-12(26(29)30)8-9-14(13)22/h4-11H,1-3H3. The van der Waals surface area contributed by atoms with Gasteiger partial charge in [-0.15, -0.1) is 0 Å². The van der Waals surface area contributed by atoms with E-state index in [1.54, 1.807) is 36.0 Å². The number of hydrogen-bond acceptors (Lipinski definition) is 5. The monoisotopic (exact) mass is 484 g/mol. The summed E-state index contributed by atoms with van der Waals surface area (Å²) < 4.78 is 10.2. The van der Waals surface area contributed by atoms with Gasteiger partial charge in [0, 0.05) is 42.5 Å². The number of fused-ring (bicyclic) bond motifs is 1. The van der Waals surface area contributed by atoms with E-state index in [9.17, 15) is 19.7 Å². The molecule has 0 aliphatic carbocycles. The van der Waals surface area contributed by atoms with Gasteiger partial charge in [-0.25, -0.2) is 4.79 Å². The molecule has 0 saturated heterocycles. The molecular weight excluding hydrogens is 468 g/mol. The first kappa shape index (κ1) is 20.6. The average Bonchev–Trinajstić information content (AvgIpc) is 3.16. The maximum atomic E-state index is 13.2. The summed E-state index contributed by atoms with van der Waals surface area (Å²) in [4.78, 5) is 36.6. The van der Waals surface area contributed by atoms with Gasteiger partial charge >= 0.3 is 5.69 Å². The smallest absolute Gasteiger partial charge is 0.330 e. The zero-order chi connectivity index (χ0) is 22.4. The molecule has 158 valence electrons.